The van der Waals surface area contributed by atoms with Crippen LogP contribution in [0.25, 0.3) is 22.2 Å². The summed E-state index contributed by atoms with van der Waals surface area (Å²) in [6.45, 7) is 0.335. The first-order valence-corrected chi connectivity index (χ1v) is 12.3. The molecule has 2 heterocycles. The quantitative estimate of drug-likeness (QED) is 0.211. The normalized spacial score (nSPS) is 13.0. The van der Waals surface area contributed by atoms with E-state index in [2.05, 4.69) is 15.3 Å². The molecule has 4 rings (SSSR count). The van der Waals surface area contributed by atoms with Crippen LogP contribution in [0.15, 0.2) is 54.7 Å². The minimum atomic E-state index is -5.34. The van der Waals surface area contributed by atoms with Crippen molar-refractivity contribution in [2.75, 3.05) is 20.3 Å². The summed E-state index contributed by atoms with van der Waals surface area (Å²) in [7, 11) is 1.43. The molecule has 216 valence electrons. The largest absolute Gasteiger partial charge is 0.495 e. The maximum absolute atomic E-state index is 14.5. The lowest BCUT2D eigenvalue weighted by molar-refractivity contribution is -0.265. The average Bonchev–Trinajstić information content (AvgIpc) is 3.41. The molecule has 0 spiro atoms. The van der Waals surface area contributed by atoms with Gasteiger partial charge in [-0.05, 0) is 55.5 Å². The van der Waals surface area contributed by atoms with Gasteiger partial charge in [0.15, 0.2) is 0 Å². The van der Waals surface area contributed by atoms with Crippen LogP contribution in [-0.4, -0.2) is 53.3 Å². The van der Waals surface area contributed by atoms with Gasteiger partial charge >= 0.3 is 6.18 Å². The number of H-pyrrole nitrogens is 1. The van der Waals surface area contributed by atoms with Gasteiger partial charge in [-0.25, -0.2) is 9.37 Å². The molecule has 1 atom stereocenters. The lowest BCUT2D eigenvalue weighted by Crippen LogP contribution is -2.51. The summed E-state index contributed by atoms with van der Waals surface area (Å²) in [5.41, 5.74) is 1.10. The van der Waals surface area contributed by atoms with E-state index in [1.54, 1.807) is 13.0 Å². The van der Waals surface area contributed by atoms with Crippen molar-refractivity contribution >= 4 is 22.7 Å². The van der Waals surface area contributed by atoms with Gasteiger partial charge in [0, 0.05) is 28.3 Å². The number of aromatic nitrogens is 2. The molecule has 5 N–H and O–H groups in total. The Kier molecular flexibility index (Phi) is 8.19. The predicted octanol–water partition coefficient (Wildman–Crippen LogP) is 3.98. The van der Waals surface area contributed by atoms with Crippen molar-refractivity contribution < 1.29 is 41.7 Å². The standard InChI is InChI=1S/C28H26F4N4O5/c1-3-41-25-16(13-22(33)37)12-21(36-23(25)15-4-6-17(29)7-5-15)27(39,28(30,31)32)14-35-26(38)19-8-9-20(40-2)24-18(19)10-11-34-24/h4-12,34,39H,3,13-14H2,1-2H3,(H2,33,37)(H,35,38)/t27-/m0/s1. The second-order valence-corrected chi connectivity index (χ2v) is 9.05. The second kappa shape index (κ2) is 11.5. The number of primary amides is 1. The molecule has 0 radical (unpaired) electrons. The Morgan fingerprint density at radius 2 is 1.83 bits per heavy atom. The van der Waals surface area contributed by atoms with E-state index in [1.165, 1.54) is 37.6 Å². The zero-order chi connectivity index (χ0) is 29.9. The summed E-state index contributed by atoms with van der Waals surface area (Å²) in [5, 5.41) is 13.7. The van der Waals surface area contributed by atoms with E-state index in [-0.39, 0.29) is 34.7 Å². The number of pyridine rings is 1. The maximum Gasteiger partial charge on any atom is 0.424 e. The molecule has 13 heteroatoms. The molecule has 2 aromatic carbocycles. The third-order valence-corrected chi connectivity index (χ3v) is 6.37. The molecule has 9 nitrogen and oxygen atoms in total. The number of fused-ring (bicyclic) bond motifs is 1. The SMILES string of the molecule is CCOc1c(CC(N)=O)cc([C@@](O)(CNC(=O)c2ccc(OC)c3[nH]ccc23)C(F)(F)F)nc1-c1ccc(F)cc1. The van der Waals surface area contributed by atoms with Crippen LogP contribution in [0.4, 0.5) is 17.6 Å². The molecule has 2 aromatic heterocycles. The molecule has 0 aliphatic heterocycles. The van der Waals surface area contributed by atoms with Crippen LogP contribution in [0.3, 0.4) is 0 Å². The van der Waals surface area contributed by atoms with Crippen molar-refractivity contribution in [3.8, 4) is 22.8 Å². The van der Waals surface area contributed by atoms with Gasteiger partial charge < -0.3 is 30.6 Å². The van der Waals surface area contributed by atoms with E-state index in [4.69, 9.17) is 15.2 Å². The molecule has 0 saturated heterocycles. The van der Waals surface area contributed by atoms with E-state index < -0.39 is 48.1 Å². The first-order chi connectivity index (χ1) is 19.4. The number of hydrogen-bond donors (Lipinski definition) is 4. The van der Waals surface area contributed by atoms with E-state index in [1.807, 2.05) is 0 Å². The molecule has 41 heavy (non-hydrogen) atoms. The first-order valence-electron chi connectivity index (χ1n) is 12.3. The number of alkyl halides is 3. The highest BCUT2D eigenvalue weighted by Crippen LogP contribution is 2.42. The highest BCUT2D eigenvalue weighted by molar-refractivity contribution is 6.07. The molecule has 0 aliphatic rings. The van der Waals surface area contributed by atoms with Crippen molar-refractivity contribution in [2.24, 2.45) is 5.73 Å². The number of methoxy groups -OCH3 is 1. The molecular formula is C28H26F4N4O5. The van der Waals surface area contributed by atoms with Crippen molar-refractivity contribution in [3.05, 3.63) is 77.4 Å². The number of aromatic amines is 1. The molecule has 4 aromatic rings. The third kappa shape index (κ3) is 5.80. The number of carbonyl (C=O) groups excluding carboxylic acids is 2. The van der Waals surface area contributed by atoms with Crippen molar-refractivity contribution in [1.82, 2.24) is 15.3 Å². The van der Waals surface area contributed by atoms with Gasteiger partial charge in [0.25, 0.3) is 5.91 Å². The molecule has 2 amide bonds. The topological polar surface area (TPSA) is 140 Å². The molecule has 0 saturated carbocycles. The van der Waals surface area contributed by atoms with E-state index in [0.29, 0.717) is 16.7 Å². The van der Waals surface area contributed by atoms with Crippen LogP contribution in [0.1, 0.15) is 28.5 Å². The first kappa shape index (κ1) is 29.3. The minimum Gasteiger partial charge on any atom is -0.495 e. The number of hydrogen-bond acceptors (Lipinski definition) is 6. The van der Waals surface area contributed by atoms with Crippen molar-refractivity contribution in [1.29, 1.82) is 0 Å². The summed E-state index contributed by atoms with van der Waals surface area (Å²) in [5.74, 6) is -2.02. The minimum absolute atomic E-state index is 0.0349. The predicted molar refractivity (Wildman–Crippen MR) is 141 cm³/mol. The second-order valence-electron chi connectivity index (χ2n) is 9.05. The maximum atomic E-state index is 14.5. The number of benzene rings is 2. The highest BCUT2D eigenvalue weighted by Gasteiger charge is 2.56. The monoisotopic (exact) mass is 574 g/mol. The molecule has 0 aliphatic carbocycles. The summed E-state index contributed by atoms with van der Waals surface area (Å²) in [4.78, 5) is 31.8. The fourth-order valence-corrected chi connectivity index (χ4v) is 4.36. The van der Waals surface area contributed by atoms with E-state index in [0.717, 1.165) is 18.2 Å². The molecule has 0 fully saturated rings. The fourth-order valence-electron chi connectivity index (χ4n) is 4.36. The van der Waals surface area contributed by atoms with E-state index in [9.17, 15) is 32.3 Å². The third-order valence-electron chi connectivity index (χ3n) is 6.37. The average molecular weight is 575 g/mol. The fraction of sp³-hybridized carbons (Fsp3) is 0.250. The summed E-state index contributed by atoms with van der Waals surface area (Å²) >= 11 is 0. The summed E-state index contributed by atoms with van der Waals surface area (Å²) in [6.07, 6.45) is -4.35. The number of aliphatic hydroxyl groups is 1. The Balaban J connectivity index is 1.81. The van der Waals surface area contributed by atoms with Gasteiger partial charge in [0.1, 0.15) is 23.0 Å². The number of carbonyl (C=O) groups is 2. The summed E-state index contributed by atoms with van der Waals surface area (Å²) < 4.78 is 68.1. The highest BCUT2D eigenvalue weighted by atomic mass is 19.4. The molecule has 0 unspecified atom stereocenters. The number of nitrogens with two attached hydrogens (primary N) is 1. The van der Waals surface area contributed by atoms with Crippen LogP contribution in [0.2, 0.25) is 0 Å². The van der Waals surface area contributed by atoms with Gasteiger partial charge in [-0.3, -0.25) is 9.59 Å². The van der Waals surface area contributed by atoms with Crippen LogP contribution < -0.4 is 20.5 Å². The van der Waals surface area contributed by atoms with Gasteiger partial charge in [-0.1, -0.05) is 0 Å². The Morgan fingerprint density at radius 3 is 2.44 bits per heavy atom. The van der Waals surface area contributed by atoms with Crippen molar-refractivity contribution in [3.63, 3.8) is 0 Å². The zero-order valence-corrected chi connectivity index (χ0v) is 21.9. The Labute approximate surface area is 231 Å². The van der Waals surface area contributed by atoms with Crippen LogP contribution in [0, 0.1) is 5.82 Å². The molecule has 0 bridgehead atoms. The number of rotatable bonds is 10. The Hall–Kier alpha value is -4.65. The van der Waals surface area contributed by atoms with Gasteiger partial charge in [-0.15, -0.1) is 0 Å². The Bertz CT molecular complexity index is 1590. The number of halogens is 4. The number of amides is 2. The Morgan fingerprint density at radius 1 is 1.12 bits per heavy atom. The lowest BCUT2D eigenvalue weighted by Gasteiger charge is -2.31. The number of ether oxygens (including phenoxy) is 2. The van der Waals surface area contributed by atoms with Crippen LogP contribution >= 0.6 is 0 Å². The van der Waals surface area contributed by atoms with Crippen molar-refractivity contribution in [2.45, 2.75) is 25.1 Å². The summed E-state index contributed by atoms with van der Waals surface area (Å²) in [6, 6.07) is 9.94. The van der Waals surface area contributed by atoms with Gasteiger partial charge in [-0.2, -0.15) is 13.2 Å². The number of nitrogens with zero attached hydrogens (tertiary/aromatic N) is 1. The number of nitrogens with one attached hydrogen (secondary N) is 2. The van der Waals surface area contributed by atoms with Crippen LogP contribution in [0.5, 0.6) is 11.5 Å². The lowest BCUT2D eigenvalue weighted by atomic mass is 9.93. The van der Waals surface area contributed by atoms with Crippen LogP contribution in [-0.2, 0) is 16.8 Å². The molecular weight excluding hydrogens is 548 g/mol. The van der Waals surface area contributed by atoms with Gasteiger partial charge in [0.05, 0.1) is 37.9 Å². The zero-order valence-electron chi connectivity index (χ0n) is 21.9. The smallest absolute Gasteiger partial charge is 0.424 e. The van der Waals surface area contributed by atoms with E-state index >= 15 is 0 Å². The van der Waals surface area contributed by atoms with Gasteiger partial charge in [0.2, 0.25) is 11.5 Å².